The summed E-state index contributed by atoms with van der Waals surface area (Å²) in [5.74, 6) is -1.27. The van der Waals surface area contributed by atoms with E-state index in [2.05, 4.69) is 0 Å². The molecule has 5 heteroatoms. The van der Waals surface area contributed by atoms with Crippen molar-refractivity contribution in [1.29, 1.82) is 0 Å². The second-order valence-corrected chi connectivity index (χ2v) is 4.62. The minimum absolute atomic E-state index is 0.0265. The van der Waals surface area contributed by atoms with Crippen molar-refractivity contribution in [3.05, 3.63) is 52.8 Å². The van der Waals surface area contributed by atoms with Crippen molar-refractivity contribution in [3.63, 3.8) is 0 Å². The van der Waals surface area contributed by atoms with Crippen molar-refractivity contribution >= 4 is 0 Å². The summed E-state index contributed by atoms with van der Waals surface area (Å²) in [5, 5.41) is 9.55. The smallest absolute Gasteiger partial charge is 0.419 e. The largest absolute Gasteiger partial charge is 0.508 e. The molecule has 0 heterocycles. The molecule has 0 aliphatic heterocycles. The van der Waals surface area contributed by atoms with Gasteiger partial charge < -0.3 is 5.11 Å². The van der Waals surface area contributed by atoms with Gasteiger partial charge in [0.1, 0.15) is 11.6 Å². The number of phenols is 1. The third-order valence-corrected chi connectivity index (χ3v) is 3.14. The van der Waals surface area contributed by atoms with E-state index >= 15 is 0 Å². The minimum Gasteiger partial charge on any atom is -0.508 e. The molecule has 0 fully saturated rings. The van der Waals surface area contributed by atoms with Crippen molar-refractivity contribution in [2.45, 2.75) is 20.0 Å². The van der Waals surface area contributed by atoms with Crippen LogP contribution < -0.4 is 0 Å². The van der Waals surface area contributed by atoms with Crippen LogP contribution in [0.15, 0.2) is 30.3 Å². The van der Waals surface area contributed by atoms with Gasteiger partial charge in [-0.1, -0.05) is 12.1 Å². The van der Waals surface area contributed by atoms with Gasteiger partial charge in [0.2, 0.25) is 0 Å². The Kier molecular flexibility index (Phi) is 3.46. The third kappa shape index (κ3) is 2.48. The monoisotopic (exact) mass is 284 g/mol. The maximum absolute atomic E-state index is 14.1. The highest BCUT2D eigenvalue weighted by atomic mass is 19.4. The van der Waals surface area contributed by atoms with E-state index in [1.54, 1.807) is 13.8 Å². The first kappa shape index (κ1) is 14.4. The van der Waals surface area contributed by atoms with E-state index in [-0.39, 0.29) is 11.3 Å². The summed E-state index contributed by atoms with van der Waals surface area (Å²) >= 11 is 0. The molecule has 0 aromatic heterocycles. The standard InChI is InChI=1S/C15H12F4O/c1-8-7-13(20)9(2)6-11(8)10-4-3-5-12(14(10)16)15(17,18)19/h3-7,20H,1-2H3. The van der Waals surface area contributed by atoms with E-state index in [0.717, 1.165) is 0 Å². The van der Waals surface area contributed by atoms with Crippen LogP contribution in [0.1, 0.15) is 16.7 Å². The number of alkyl halides is 3. The van der Waals surface area contributed by atoms with Gasteiger partial charge >= 0.3 is 6.18 Å². The quantitative estimate of drug-likeness (QED) is 0.743. The number of phenolic OH excluding ortho intramolecular Hbond substituents is 1. The summed E-state index contributed by atoms with van der Waals surface area (Å²) in [7, 11) is 0. The van der Waals surface area contributed by atoms with Crippen molar-refractivity contribution in [2.24, 2.45) is 0 Å². The average molecular weight is 284 g/mol. The Balaban J connectivity index is 2.69. The summed E-state index contributed by atoms with van der Waals surface area (Å²) in [4.78, 5) is 0. The van der Waals surface area contributed by atoms with Crippen LogP contribution in [0.5, 0.6) is 5.75 Å². The molecule has 0 bridgehead atoms. The van der Waals surface area contributed by atoms with Crippen LogP contribution >= 0.6 is 0 Å². The van der Waals surface area contributed by atoms with Gasteiger partial charge in [-0.3, -0.25) is 0 Å². The molecule has 0 unspecified atom stereocenters. The summed E-state index contributed by atoms with van der Waals surface area (Å²) in [6.07, 6.45) is -4.74. The van der Waals surface area contributed by atoms with Crippen LogP contribution in [0, 0.1) is 19.7 Å². The highest BCUT2D eigenvalue weighted by molar-refractivity contribution is 5.70. The van der Waals surface area contributed by atoms with Crippen molar-refractivity contribution in [1.82, 2.24) is 0 Å². The highest BCUT2D eigenvalue weighted by Crippen LogP contribution is 2.37. The average Bonchev–Trinajstić information content (AvgIpc) is 2.33. The van der Waals surface area contributed by atoms with Gasteiger partial charge in [-0.25, -0.2) is 4.39 Å². The molecule has 0 saturated heterocycles. The molecule has 0 atom stereocenters. The Hall–Kier alpha value is -2.04. The summed E-state index contributed by atoms with van der Waals surface area (Å²) < 4.78 is 52.2. The zero-order valence-corrected chi connectivity index (χ0v) is 10.8. The van der Waals surface area contributed by atoms with Crippen LogP contribution in [0.4, 0.5) is 17.6 Å². The zero-order valence-electron chi connectivity index (χ0n) is 10.8. The summed E-state index contributed by atoms with van der Waals surface area (Å²) in [6.45, 7) is 3.21. The number of aromatic hydroxyl groups is 1. The van der Waals surface area contributed by atoms with Crippen molar-refractivity contribution < 1.29 is 22.7 Å². The molecule has 1 N–H and O–H groups in total. The predicted octanol–water partition coefficient (Wildman–Crippen LogP) is 4.83. The van der Waals surface area contributed by atoms with E-state index in [9.17, 15) is 22.7 Å². The molecule has 0 amide bonds. The molecule has 106 valence electrons. The van der Waals surface area contributed by atoms with Gasteiger partial charge in [0.05, 0.1) is 5.56 Å². The number of halogens is 4. The summed E-state index contributed by atoms with van der Waals surface area (Å²) in [5.41, 5.74) is -0.0989. The number of hydrogen-bond acceptors (Lipinski definition) is 1. The second-order valence-electron chi connectivity index (χ2n) is 4.62. The van der Waals surface area contributed by atoms with E-state index in [4.69, 9.17) is 0 Å². The van der Waals surface area contributed by atoms with Crippen LogP contribution in [0.25, 0.3) is 11.1 Å². The second kappa shape index (κ2) is 4.81. The van der Waals surface area contributed by atoms with Gasteiger partial charge in [0.25, 0.3) is 0 Å². The molecule has 0 aliphatic rings. The van der Waals surface area contributed by atoms with Gasteiger partial charge in [-0.2, -0.15) is 13.2 Å². The van der Waals surface area contributed by atoms with Crippen molar-refractivity contribution in [3.8, 4) is 16.9 Å². The lowest BCUT2D eigenvalue weighted by molar-refractivity contribution is -0.139. The van der Waals surface area contributed by atoms with Crippen LogP contribution in [-0.4, -0.2) is 5.11 Å². The molecule has 0 spiro atoms. The lowest BCUT2D eigenvalue weighted by Crippen LogP contribution is -2.09. The molecule has 2 aromatic carbocycles. The third-order valence-electron chi connectivity index (χ3n) is 3.14. The summed E-state index contributed by atoms with van der Waals surface area (Å²) in [6, 6.07) is 6.06. The van der Waals surface area contributed by atoms with Gasteiger partial charge in [0, 0.05) is 5.56 Å². The van der Waals surface area contributed by atoms with Gasteiger partial charge in [-0.05, 0) is 48.7 Å². The van der Waals surface area contributed by atoms with Gasteiger partial charge in [-0.15, -0.1) is 0 Å². The fourth-order valence-corrected chi connectivity index (χ4v) is 2.05. The molecule has 20 heavy (non-hydrogen) atoms. The van der Waals surface area contributed by atoms with Crippen LogP contribution in [0.3, 0.4) is 0 Å². The Morgan fingerprint density at radius 2 is 1.60 bits per heavy atom. The SMILES string of the molecule is Cc1cc(-c2cccc(C(F)(F)F)c2F)c(C)cc1O. The molecule has 2 rings (SSSR count). The molecule has 0 radical (unpaired) electrons. The van der Waals surface area contributed by atoms with Crippen LogP contribution in [0.2, 0.25) is 0 Å². The highest BCUT2D eigenvalue weighted by Gasteiger charge is 2.35. The zero-order chi connectivity index (χ0) is 15.1. The number of rotatable bonds is 1. The first-order valence-corrected chi connectivity index (χ1v) is 5.88. The maximum atomic E-state index is 14.1. The number of aryl methyl sites for hydroxylation is 2. The Morgan fingerprint density at radius 3 is 2.20 bits per heavy atom. The predicted molar refractivity (Wildman–Crippen MR) is 68.0 cm³/mol. The van der Waals surface area contributed by atoms with E-state index in [0.29, 0.717) is 22.8 Å². The first-order chi connectivity index (χ1) is 9.21. The number of benzene rings is 2. The first-order valence-electron chi connectivity index (χ1n) is 5.88. The molecule has 0 aliphatic carbocycles. The maximum Gasteiger partial charge on any atom is 0.419 e. The Bertz CT molecular complexity index is 660. The lowest BCUT2D eigenvalue weighted by atomic mass is 9.95. The molecule has 1 nitrogen and oxygen atoms in total. The normalized spacial score (nSPS) is 11.7. The molecule has 0 saturated carbocycles. The van der Waals surface area contributed by atoms with E-state index < -0.39 is 17.6 Å². The lowest BCUT2D eigenvalue weighted by Gasteiger charge is -2.14. The van der Waals surface area contributed by atoms with Gasteiger partial charge in [0.15, 0.2) is 0 Å². The molecular formula is C15H12F4O. The Labute approximate surface area is 113 Å². The van der Waals surface area contributed by atoms with E-state index in [1.165, 1.54) is 24.3 Å². The van der Waals surface area contributed by atoms with Crippen molar-refractivity contribution in [2.75, 3.05) is 0 Å². The minimum atomic E-state index is -4.74. The van der Waals surface area contributed by atoms with E-state index in [1.807, 2.05) is 0 Å². The molecule has 2 aromatic rings. The number of hydrogen-bond donors (Lipinski definition) is 1. The van der Waals surface area contributed by atoms with Crippen LogP contribution in [-0.2, 0) is 6.18 Å². The fraction of sp³-hybridized carbons (Fsp3) is 0.200. The fourth-order valence-electron chi connectivity index (χ4n) is 2.05. The topological polar surface area (TPSA) is 20.2 Å². The Morgan fingerprint density at radius 1 is 0.950 bits per heavy atom. The molecular weight excluding hydrogens is 272 g/mol.